The first-order valence-electron chi connectivity index (χ1n) is 8.35. The highest BCUT2D eigenvalue weighted by atomic mass is 16.2. The van der Waals surface area contributed by atoms with E-state index >= 15 is 0 Å². The lowest BCUT2D eigenvalue weighted by atomic mass is 10.0. The van der Waals surface area contributed by atoms with Gasteiger partial charge in [0.15, 0.2) is 0 Å². The van der Waals surface area contributed by atoms with Gasteiger partial charge in [0.25, 0.3) is 0 Å². The van der Waals surface area contributed by atoms with Crippen LogP contribution in [0.25, 0.3) is 5.69 Å². The number of piperidine rings is 1. The maximum atomic E-state index is 12.7. The number of nitrogens with one attached hydrogen (secondary N) is 2. The SMILES string of the molecule is O=C(Nc1ccc(-n2ccnn2)cc1)N1CCCCC1c1ncc[nH]1. The van der Waals surface area contributed by atoms with Crippen LogP contribution < -0.4 is 5.32 Å². The van der Waals surface area contributed by atoms with Crippen LogP contribution in [0.4, 0.5) is 10.5 Å². The number of likely N-dealkylation sites (tertiary alicyclic amines) is 1. The molecule has 2 amide bonds. The number of nitrogens with zero attached hydrogens (tertiary/aromatic N) is 5. The molecule has 0 aliphatic carbocycles. The summed E-state index contributed by atoms with van der Waals surface area (Å²) in [4.78, 5) is 22.0. The fraction of sp³-hybridized carbons (Fsp3) is 0.294. The van der Waals surface area contributed by atoms with Gasteiger partial charge in [-0.2, -0.15) is 0 Å². The zero-order valence-corrected chi connectivity index (χ0v) is 13.7. The molecule has 1 atom stereocenters. The molecule has 1 aliphatic heterocycles. The van der Waals surface area contributed by atoms with Gasteiger partial charge in [-0.1, -0.05) is 5.21 Å². The maximum absolute atomic E-state index is 12.7. The molecule has 0 bridgehead atoms. The Kier molecular flexibility index (Phi) is 4.16. The van der Waals surface area contributed by atoms with Crippen molar-refractivity contribution in [1.82, 2.24) is 29.9 Å². The van der Waals surface area contributed by atoms with E-state index in [9.17, 15) is 4.79 Å². The fourth-order valence-electron chi connectivity index (χ4n) is 3.16. The summed E-state index contributed by atoms with van der Waals surface area (Å²) in [5.41, 5.74) is 1.64. The number of aromatic amines is 1. The second kappa shape index (κ2) is 6.76. The third-order valence-corrected chi connectivity index (χ3v) is 4.40. The lowest BCUT2D eigenvalue weighted by molar-refractivity contribution is 0.160. The molecule has 3 aromatic rings. The van der Waals surface area contributed by atoms with Crippen LogP contribution in [0.15, 0.2) is 49.1 Å². The summed E-state index contributed by atoms with van der Waals surface area (Å²) < 4.78 is 1.67. The molecule has 1 aromatic carbocycles. The Hall–Kier alpha value is -3.16. The second-order valence-electron chi connectivity index (χ2n) is 6.00. The Morgan fingerprint density at radius 1 is 1.20 bits per heavy atom. The summed E-state index contributed by atoms with van der Waals surface area (Å²) in [6.07, 6.45) is 9.95. The standard InChI is InChI=1S/C17H19N7O/c25-17(23-11-2-1-3-15(23)16-18-8-9-19-16)21-13-4-6-14(7-5-13)24-12-10-20-22-24/h4-10,12,15H,1-3,11H2,(H,18,19)(H,21,25). The molecule has 1 fully saturated rings. The molecular formula is C17H19N7O. The van der Waals surface area contributed by atoms with E-state index in [1.165, 1.54) is 0 Å². The van der Waals surface area contributed by atoms with Crippen LogP contribution >= 0.6 is 0 Å². The zero-order chi connectivity index (χ0) is 17.1. The number of benzene rings is 1. The van der Waals surface area contributed by atoms with E-state index in [0.29, 0.717) is 0 Å². The third kappa shape index (κ3) is 3.23. The van der Waals surface area contributed by atoms with Gasteiger partial charge in [0.05, 0.1) is 24.1 Å². The Morgan fingerprint density at radius 2 is 2.08 bits per heavy atom. The minimum atomic E-state index is -0.102. The summed E-state index contributed by atoms with van der Waals surface area (Å²) in [7, 11) is 0. The summed E-state index contributed by atoms with van der Waals surface area (Å²) in [5, 5.41) is 10.7. The molecule has 2 N–H and O–H groups in total. The van der Waals surface area contributed by atoms with Crippen molar-refractivity contribution in [2.45, 2.75) is 25.3 Å². The third-order valence-electron chi connectivity index (χ3n) is 4.40. The van der Waals surface area contributed by atoms with Crippen LogP contribution in [0.5, 0.6) is 0 Å². The van der Waals surface area contributed by atoms with Crippen LogP contribution in [0.3, 0.4) is 0 Å². The van der Waals surface area contributed by atoms with Crippen molar-refractivity contribution >= 4 is 11.7 Å². The van der Waals surface area contributed by atoms with Gasteiger partial charge in [-0.3, -0.25) is 0 Å². The monoisotopic (exact) mass is 337 g/mol. The molecule has 1 unspecified atom stereocenters. The molecule has 8 heteroatoms. The van der Waals surface area contributed by atoms with Crippen LogP contribution in [-0.2, 0) is 0 Å². The lowest BCUT2D eigenvalue weighted by Crippen LogP contribution is -2.41. The Bertz CT molecular complexity index is 811. The van der Waals surface area contributed by atoms with Crippen molar-refractivity contribution in [2.75, 3.05) is 11.9 Å². The van der Waals surface area contributed by atoms with Crippen molar-refractivity contribution < 1.29 is 4.79 Å². The molecule has 1 saturated heterocycles. The normalized spacial score (nSPS) is 17.4. The van der Waals surface area contributed by atoms with E-state index in [-0.39, 0.29) is 12.1 Å². The molecule has 0 radical (unpaired) electrons. The van der Waals surface area contributed by atoms with E-state index in [2.05, 4.69) is 25.6 Å². The Balaban J connectivity index is 1.47. The number of hydrogen-bond donors (Lipinski definition) is 2. The largest absolute Gasteiger partial charge is 0.347 e. The first-order chi connectivity index (χ1) is 12.3. The van der Waals surface area contributed by atoms with Crippen molar-refractivity contribution in [3.63, 3.8) is 0 Å². The van der Waals surface area contributed by atoms with E-state index < -0.39 is 0 Å². The van der Waals surface area contributed by atoms with Gasteiger partial charge in [0, 0.05) is 24.6 Å². The highest BCUT2D eigenvalue weighted by Crippen LogP contribution is 2.29. The summed E-state index contributed by atoms with van der Waals surface area (Å²) in [6, 6.07) is 7.41. The molecule has 3 heterocycles. The van der Waals surface area contributed by atoms with Crippen LogP contribution in [-0.4, -0.2) is 42.4 Å². The molecule has 2 aromatic heterocycles. The molecule has 0 spiro atoms. The van der Waals surface area contributed by atoms with Crippen molar-refractivity contribution in [3.8, 4) is 5.69 Å². The van der Waals surface area contributed by atoms with Gasteiger partial charge >= 0.3 is 6.03 Å². The van der Waals surface area contributed by atoms with E-state index in [1.807, 2.05) is 29.2 Å². The average Bonchev–Trinajstić information content (AvgIpc) is 3.36. The highest BCUT2D eigenvalue weighted by molar-refractivity contribution is 5.89. The summed E-state index contributed by atoms with van der Waals surface area (Å²) in [6.45, 7) is 0.730. The van der Waals surface area contributed by atoms with Crippen LogP contribution in [0.1, 0.15) is 31.1 Å². The van der Waals surface area contributed by atoms with Crippen molar-refractivity contribution in [3.05, 3.63) is 54.9 Å². The number of imidazole rings is 1. The van der Waals surface area contributed by atoms with E-state index in [1.54, 1.807) is 29.5 Å². The predicted molar refractivity (Wildman–Crippen MR) is 92.3 cm³/mol. The van der Waals surface area contributed by atoms with Gasteiger partial charge in [-0.05, 0) is 43.5 Å². The van der Waals surface area contributed by atoms with E-state index in [4.69, 9.17) is 0 Å². The minimum absolute atomic E-state index is 0.00169. The van der Waals surface area contributed by atoms with Gasteiger partial charge in [-0.25, -0.2) is 14.5 Å². The van der Waals surface area contributed by atoms with Gasteiger partial charge < -0.3 is 15.2 Å². The number of rotatable bonds is 3. The number of anilines is 1. The molecule has 128 valence electrons. The summed E-state index contributed by atoms with van der Waals surface area (Å²) >= 11 is 0. The van der Waals surface area contributed by atoms with Gasteiger partial charge in [0.1, 0.15) is 5.82 Å². The summed E-state index contributed by atoms with van der Waals surface area (Å²) in [5.74, 6) is 0.844. The first-order valence-corrected chi connectivity index (χ1v) is 8.35. The van der Waals surface area contributed by atoms with E-state index in [0.717, 1.165) is 43.0 Å². The van der Waals surface area contributed by atoms with Crippen LogP contribution in [0, 0.1) is 0 Å². The average molecular weight is 337 g/mol. The number of carbonyl (C=O) groups excluding carboxylic acids is 1. The molecule has 8 nitrogen and oxygen atoms in total. The number of aromatic nitrogens is 5. The molecular weight excluding hydrogens is 318 g/mol. The van der Waals surface area contributed by atoms with Crippen molar-refractivity contribution in [1.29, 1.82) is 0 Å². The number of hydrogen-bond acceptors (Lipinski definition) is 4. The van der Waals surface area contributed by atoms with Crippen LogP contribution in [0.2, 0.25) is 0 Å². The topological polar surface area (TPSA) is 91.7 Å². The number of H-pyrrole nitrogens is 1. The van der Waals surface area contributed by atoms with Gasteiger partial charge in [-0.15, -0.1) is 5.10 Å². The first kappa shape index (κ1) is 15.4. The highest BCUT2D eigenvalue weighted by Gasteiger charge is 2.29. The van der Waals surface area contributed by atoms with Gasteiger partial charge in [0.2, 0.25) is 0 Å². The molecule has 1 aliphatic rings. The Morgan fingerprint density at radius 3 is 2.80 bits per heavy atom. The maximum Gasteiger partial charge on any atom is 0.322 e. The number of amides is 2. The predicted octanol–water partition coefficient (Wildman–Crippen LogP) is 2.75. The molecule has 4 rings (SSSR count). The Labute approximate surface area is 144 Å². The fourth-order valence-corrected chi connectivity index (χ4v) is 3.16. The zero-order valence-electron chi connectivity index (χ0n) is 13.7. The number of carbonyl (C=O) groups is 1. The molecule has 0 saturated carbocycles. The second-order valence-corrected chi connectivity index (χ2v) is 6.00. The van der Waals surface area contributed by atoms with Crippen molar-refractivity contribution in [2.24, 2.45) is 0 Å². The lowest BCUT2D eigenvalue weighted by Gasteiger charge is -2.34. The number of urea groups is 1. The quantitative estimate of drug-likeness (QED) is 0.769. The smallest absolute Gasteiger partial charge is 0.322 e. The molecule has 25 heavy (non-hydrogen) atoms. The minimum Gasteiger partial charge on any atom is -0.347 e.